The topological polar surface area (TPSA) is 85.0 Å². The van der Waals surface area contributed by atoms with Crippen LogP contribution < -0.4 is 4.31 Å². The van der Waals surface area contributed by atoms with Crippen LogP contribution in [-0.4, -0.2) is 14.7 Å². The van der Waals surface area contributed by atoms with Crippen molar-refractivity contribution in [3.05, 3.63) is 65.2 Å². The predicted octanol–water partition coefficient (Wildman–Crippen LogP) is 2.40. The highest BCUT2D eigenvalue weighted by Gasteiger charge is 2.19. The van der Waals surface area contributed by atoms with Crippen molar-refractivity contribution in [2.24, 2.45) is 0 Å². The number of anilines is 1. The van der Waals surface area contributed by atoms with E-state index in [1.165, 1.54) is 10.4 Å². The maximum Gasteiger partial charge on any atom is 0.232 e. The highest BCUT2D eigenvalue weighted by molar-refractivity contribution is 7.92. The van der Waals surface area contributed by atoms with Gasteiger partial charge in [0.25, 0.3) is 0 Å². The number of hydrogen-bond acceptors (Lipinski definition) is 4. The van der Waals surface area contributed by atoms with Crippen LogP contribution in [0, 0.1) is 22.7 Å². The van der Waals surface area contributed by atoms with E-state index < -0.39 is 10.0 Å². The first kappa shape index (κ1) is 15.6. The molecule has 0 saturated heterocycles. The van der Waals surface area contributed by atoms with E-state index in [1.807, 2.05) is 6.07 Å². The first-order valence-electron chi connectivity index (χ1n) is 6.41. The number of nitriles is 2. The molecule has 0 aliphatic heterocycles. The Morgan fingerprint density at radius 3 is 2.41 bits per heavy atom. The van der Waals surface area contributed by atoms with E-state index in [4.69, 9.17) is 10.5 Å². The molecule has 2 rings (SSSR count). The highest BCUT2D eigenvalue weighted by atomic mass is 32.2. The first-order valence-corrected chi connectivity index (χ1v) is 8.26. The standard InChI is InChI=1S/C16H13N3O2S/c1-22(20,21)19(16-8-4-5-13(9-16)10-17)12-15-7-3-2-6-14(15)11-18/h2-9H,12H2,1H3. The molecule has 110 valence electrons. The fourth-order valence-corrected chi connectivity index (χ4v) is 2.92. The molecule has 0 saturated carbocycles. The van der Waals surface area contributed by atoms with Gasteiger partial charge in [0.1, 0.15) is 0 Å². The lowest BCUT2D eigenvalue weighted by Crippen LogP contribution is -2.29. The monoisotopic (exact) mass is 311 g/mol. The second kappa shape index (κ2) is 6.30. The third kappa shape index (κ3) is 3.43. The van der Waals surface area contributed by atoms with Crippen molar-refractivity contribution in [2.45, 2.75) is 6.54 Å². The summed E-state index contributed by atoms with van der Waals surface area (Å²) in [7, 11) is -3.55. The smallest absolute Gasteiger partial charge is 0.232 e. The van der Waals surface area contributed by atoms with Crippen LogP contribution in [0.4, 0.5) is 5.69 Å². The predicted molar refractivity (Wildman–Crippen MR) is 83.3 cm³/mol. The van der Waals surface area contributed by atoms with E-state index in [-0.39, 0.29) is 6.54 Å². The molecule has 0 unspecified atom stereocenters. The zero-order chi connectivity index (χ0) is 16.2. The molecule has 0 amide bonds. The number of sulfonamides is 1. The summed E-state index contributed by atoms with van der Waals surface area (Å²) in [5, 5.41) is 18.1. The Labute approximate surface area is 129 Å². The fraction of sp³-hybridized carbons (Fsp3) is 0.125. The molecule has 0 heterocycles. The molecular weight excluding hydrogens is 298 g/mol. The van der Waals surface area contributed by atoms with Gasteiger partial charge in [-0.3, -0.25) is 4.31 Å². The molecule has 0 atom stereocenters. The highest BCUT2D eigenvalue weighted by Crippen LogP contribution is 2.22. The molecule has 0 fully saturated rings. The maximum atomic E-state index is 12.1. The number of nitrogens with zero attached hydrogens (tertiary/aromatic N) is 3. The maximum absolute atomic E-state index is 12.1. The summed E-state index contributed by atoms with van der Waals surface area (Å²) >= 11 is 0. The largest absolute Gasteiger partial charge is 0.266 e. The van der Waals surface area contributed by atoms with Gasteiger partial charge in [0.05, 0.1) is 41.8 Å². The van der Waals surface area contributed by atoms with Crippen molar-refractivity contribution in [2.75, 3.05) is 10.6 Å². The van der Waals surface area contributed by atoms with E-state index in [9.17, 15) is 8.42 Å². The molecule has 0 N–H and O–H groups in total. The van der Waals surface area contributed by atoms with Gasteiger partial charge in [-0.05, 0) is 29.8 Å². The van der Waals surface area contributed by atoms with Gasteiger partial charge in [-0.25, -0.2) is 8.42 Å². The lowest BCUT2D eigenvalue weighted by atomic mass is 10.1. The van der Waals surface area contributed by atoms with Gasteiger partial charge in [0, 0.05) is 0 Å². The molecule has 22 heavy (non-hydrogen) atoms. The lowest BCUT2D eigenvalue weighted by Gasteiger charge is -2.23. The zero-order valence-corrected chi connectivity index (χ0v) is 12.7. The van der Waals surface area contributed by atoms with Crippen LogP contribution >= 0.6 is 0 Å². The second-order valence-electron chi connectivity index (χ2n) is 4.70. The van der Waals surface area contributed by atoms with Crippen molar-refractivity contribution in [1.29, 1.82) is 10.5 Å². The van der Waals surface area contributed by atoms with E-state index >= 15 is 0 Å². The van der Waals surface area contributed by atoms with E-state index in [2.05, 4.69) is 6.07 Å². The third-order valence-corrected chi connectivity index (χ3v) is 4.26. The van der Waals surface area contributed by atoms with Gasteiger partial charge in [-0.1, -0.05) is 24.3 Å². The first-order chi connectivity index (χ1) is 10.5. The van der Waals surface area contributed by atoms with Gasteiger partial charge in [-0.2, -0.15) is 10.5 Å². The molecule has 0 aliphatic rings. The molecule has 2 aromatic carbocycles. The average Bonchev–Trinajstić information content (AvgIpc) is 2.51. The Morgan fingerprint density at radius 2 is 1.77 bits per heavy atom. The Kier molecular flexibility index (Phi) is 4.45. The average molecular weight is 311 g/mol. The SMILES string of the molecule is CS(=O)(=O)N(Cc1ccccc1C#N)c1cccc(C#N)c1. The number of hydrogen-bond donors (Lipinski definition) is 0. The van der Waals surface area contributed by atoms with Crippen LogP contribution in [0.3, 0.4) is 0 Å². The minimum Gasteiger partial charge on any atom is -0.266 e. The second-order valence-corrected chi connectivity index (χ2v) is 6.61. The van der Waals surface area contributed by atoms with Crippen molar-refractivity contribution in [3.8, 4) is 12.1 Å². The minimum absolute atomic E-state index is 0.0391. The zero-order valence-electron chi connectivity index (χ0n) is 11.9. The summed E-state index contributed by atoms with van der Waals surface area (Å²) < 4.78 is 25.4. The number of rotatable bonds is 4. The molecule has 5 nitrogen and oxygen atoms in total. The molecule has 0 spiro atoms. The van der Waals surface area contributed by atoms with Crippen molar-refractivity contribution in [3.63, 3.8) is 0 Å². The molecule has 0 aliphatic carbocycles. The van der Waals surface area contributed by atoms with Crippen LogP contribution in [0.5, 0.6) is 0 Å². The third-order valence-electron chi connectivity index (χ3n) is 3.12. The van der Waals surface area contributed by atoms with Gasteiger partial charge >= 0.3 is 0 Å². The lowest BCUT2D eigenvalue weighted by molar-refractivity contribution is 0.596. The fourth-order valence-electron chi connectivity index (χ4n) is 2.05. The Bertz CT molecular complexity index is 877. The van der Waals surface area contributed by atoms with E-state index in [0.717, 1.165) is 6.26 Å². The Hall–Kier alpha value is -2.83. The van der Waals surface area contributed by atoms with Crippen LogP contribution in [0.25, 0.3) is 0 Å². The van der Waals surface area contributed by atoms with Gasteiger partial charge in [0.2, 0.25) is 10.0 Å². The van der Waals surface area contributed by atoms with E-state index in [0.29, 0.717) is 22.4 Å². The molecule has 0 radical (unpaired) electrons. The van der Waals surface area contributed by atoms with Crippen molar-refractivity contribution in [1.82, 2.24) is 0 Å². The molecular formula is C16H13N3O2S. The van der Waals surface area contributed by atoms with Gasteiger partial charge < -0.3 is 0 Å². The normalized spacial score (nSPS) is 10.5. The Balaban J connectivity index is 2.49. The van der Waals surface area contributed by atoms with Crippen molar-refractivity contribution >= 4 is 15.7 Å². The summed E-state index contributed by atoms with van der Waals surface area (Å²) in [6.07, 6.45) is 1.10. The van der Waals surface area contributed by atoms with Crippen LogP contribution in [0.15, 0.2) is 48.5 Å². The molecule has 0 bridgehead atoms. The van der Waals surface area contributed by atoms with E-state index in [1.54, 1.807) is 42.5 Å². The minimum atomic E-state index is -3.55. The molecule has 2 aromatic rings. The van der Waals surface area contributed by atoms with Crippen LogP contribution in [0.1, 0.15) is 16.7 Å². The quantitative estimate of drug-likeness (QED) is 0.867. The molecule has 0 aromatic heterocycles. The van der Waals surface area contributed by atoms with Crippen LogP contribution in [0.2, 0.25) is 0 Å². The van der Waals surface area contributed by atoms with Gasteiger partial charge in [-0.15, -0.1) is 0 Å². The summed E-state index contributed by atoms with van der Waals surface area (Å²) in [6.45, 7) is 0.0391. The summed E-state index contributed by atoms with van der Waals surface area (Å²) in [5.74, 6) is 0. The molecule has 6 heteroatoms. The van der Waals surface area contributed by atoms with Crippen molar-refractivity contribution < 1.29 is 8.42 Å². The van der Waals surface area contributed by atoms with Gasteiger partial charge in [0.15, 0.2) is 0 Å². The Morgan fingerprint density at radius 1 is 1.05 bits per heavy atom. The number of benzene rings is 2. The summed E-state index contributed by atoms with van der Waals surface area (Å²) in [4.78, 5) is 0. The van der Waals surface area contributed by atoms with Crippen LogP contribution in [-0.2, 0) is 16.6 Å². The summed E-state index contributed by atoms with van der Waals surface area (Å²) in [6, 6.07) is 17.2. The summed E-state index contributed by atoms with van der Waals surface area (Å²) in [5.41, 5.74) is 1.80.